The lowest BCUT2D eigenvalue weighted by atomic mass is 9.99. The van der Waals surface area contributed by atoms with E-state index in [4.69, 9.17) is 0 Å². The molecule has 98 valence electrons. The summed E-state index contributed by atoms with van der Waals surface area (Å²) in [5.74, 6) is 0.677. The van der Waals surface area contributed by atoms with E-state index in [1.807, 2.05) is 6.20 Å². The number of nitrogens with zero attached hydrogens (tertiary/aromatic N) is 2. The monoisotopic (exact) mass is 316 g/mol. The summed E-state index contributed by atoms with van der Waals surface area (Å²) in [7, 11) is 0. The molecule has 0 aliphatic carbocycles. The lowest BCUT2D eigenvalue weighted by Crippen LogP contribution is -2.20. The first-order valence-electron chi connectivity index (χ1n) is 6.69. The Morgan fingerprint density at radius 1 is 1.16 bits per heavy atom. The van der Waals surface area contributed by atoms with Crippen molar-refractivity contribution in [1.82, 2.24) is 9.88 Å². The van der Waals surface area contributed by atoms with Gasteiger partial charge in [-0.1, -0.05) is 30.3 Å². The van der Waals surface area contributed by atoms with Gasteiger partial charge in [0.05, 0.1) is 5.69 Å². The van der Waals surface area contributed by atoms with Crippen molar-refractivity contribution < 1.29 is 0 Å². The average molecular weight is 317 g/mol. The van der Waals surface area contributed by atoms with Crippen LogP contribution in [0.25, 0.3) is 0 Å². The number of hydrogen-bond acceptors (Lipinski definition) is 2. The molecule has 0 N–H and O–H groups in total. The molecule has 1 aromatic heterocycles. The second kappa shape index (κ2) is 5.85. The quantitative estimate of drug-likeness (QED) is 0.855. The number of halogens is 1. The molecular formula is C16H17BrN2. The van der Waals surface area contributed by atoms with E-state index in [0.29, 0.717) is 5.92 Å². The first-order valence-corrected chi connectivity index (χ1v) is 7.48. The van der Waals surface area contributed by atoms with Crippen molar-refractivity contribution in [3.05, 3.63) is 64.4 Å². The van der Waals surface area contributed by atoms with Crippen LogP contribution in [0.3, 0.4) is 0 Å². The van der Waals surface area contributed by atoms with Crippen LogP contribution in [0.5, 0.6) is 0 Å². The molecule has 0 spiro atoms. The largest absolute Gasteiger partial charge is 0.297 e. The summed E-state index contributed by atoms with van der Waals surface area (Å²) in [5.41, 5.74) is 2.62. The van der Waals surface area contributed by atoms with Crippen LogP contribution in [-0.2, 0) is 6.54 Å². The minimum absolute atomic E-state index is 0.677. The fraction of sp³-hybridized carbons (Fsp3) is 0.312. The summed E-state index contributed by atoms with van der Waals surface area (Å²) >= 11 is 3.42. The molecule has 0 saturated carbocycles. The van der Waals surface area contributed by atoms with Gasteiger partial charge in [0.2, 0.25) is 0 Å². The molecule has 0 radical (unpaired) electrons. The van der Waals surface area contributed by atoms with E-state index in [-0.39, 0.29) is 0 Å². The molecule has 0 amide bonds. The molecule has 2 aromatic rings. The highest BCUT2D eigenvalue weighted by Gasteiger charge is 2.23. The number of aromatic nitrogens is 1. The summed E-state index contributed by atoms with van der Waals surface area (Å²) in [6.07, 6.45) is 3.13. The highest BCUT2D eigenvalue weighted by Crippen LogP contribution is 2.27. The highest BCUT2D eigenvalue weighted by atomic mass is 79.9. The maximum Gasteiger partial charge on any atom is 0.0544 e. The number of hydrogen-bond donors (Lipinski definition) is 0. The molecule has 3 rings (SSSR count). The third kappa shape index (κ3) is 3.23. The molecule has 0 bridgehead atoms. The van der Waals surface area contributed by atoms with E-state index in [1.54, 1.807) is 0 Å². The van der Waals surface area contributed by atoms with Crippen molar-refractivity contribution in [2.75, 3.05) is 13.1 Å². The zero-order valence-corrected chi connectivity index (χ0v) is 12.4. The number of rotatable bonds is 3. The van der Waals surface area contributed by atoms with Gasteiger partial charge in [-0.15, -0.1) is 0 Å². The second-order valence-electron chi connectivity index (χ2n) is 5.10. The van der Waals surface area contributed by atoms with Crippen LogP contribution in [0.4, 0.5) is 0 Å². The fourth-order valence-corrected chi connectivity index (χ4v) is 2.94. The summed E-state index contributed by atoms with van der Waals surface area (Å²) < 4.78 is 1.04. The van der Waals surface area contributed by atoms with Gasteiger partial charge < -0.3 is 0 Å². The van der Waals surface area contributed by atoms with Crippen molar-refractivity contribution >= 4 is 15.9 Å². The van der Waals surface area contributed by atoms with Gasteiger partial charge in [0, 0.05) is 23.8 Å². The summed E-state index contributed by atoms with van der Waals surface area (Å²) in [6.45, 7) is 3.26. The van der Waals surface area contributed by atoms with Gasteiger partial charge in [0.25, 0.3) is 0 Å². The lowest BCUT2D eigenvalue weighted by Gasteiger charge is -2.15. The second-order valence-corrected chi connectivity index (χ2v) is 6.01. The standard InChI is InChI=1S/C16H17BrN2/c17-15-6-7-16(18-10-15)12-19-9-8-14(11-19)13-4-2-1-3-5-13/h1-7,10,14H,8-9,11-12H2. The van der Waals surface area contributed by atoms with E-state index in [1.165, 1.54) is 12.0 Å². The van der Waals surface area contributed by atoms with Gasteiger partial charge in [-0.25, -0.2) is 0 Å². The number of likely N-dealkylation sites (tertiary alicyclic amines) is 1. The van der Waals surface area contributed by atoms with Crippen molar-refractivity contribution in [2.24, 2.45) is 0 Å². The predicted molar refractivity (Wildman–Crippen MR) is 81.0 cm³/mol. The molecule has 1 aliphatic rings. The Kier molecular flexibility index (Phi) is 3.95. The van der Waals surface area contributed by atoms with Crippen molar-refractivity contribution in [2.45, 2.75) is 18.9 Å². The molecule has 1 unspecified atom stereocenters. The van der Waals surface area contributed by atoms with Crippen molar-refractivity contribution in [1.29, 1.82) is 0 Å². The normalized spacial score (nSPS) is 19.7. The van der Waals surface area contributed by atoms with Gasteiger partial charge in [-0.05, 0) is 52.5 Å². The van der Waals surface area contributed by atoms with Gasteiger partial charge in [0.1, 0.15) is 0 Å². The van der Waals surface area contributed by atoms with Crippen LogP contribution in [0.1, 0.15) is 23.6 Å². The van der Waals surface area contributed by atoms with E-state index < -0.39 is 0 Å². The van der Waals surface area contributed by atoms with E-state index >= 15 is 0 Å². The first kappa shape index (κ1) is 12.8. The SMILES string of the molecule is Brc1ccc(CN2CCC(c3ccccc3)C2)nc1. The molecule has 1 saturated heterocycles. The summed E-state index contributed by atoms with van der Waals surface area (Å²) in [6, 6.07) is 15.0. The highest BCUT2D eigenvalue weighted by molar-refractivity contribution is 9.10. The van der Waals surface area contributed by atoms with Gasteiger partial charge in [-0.2, -0.15) is 0 Å². The predicted octanol–water partition coefficient (Wildman–Crippen LogP) is 3.83. The molecule has 2 heterocycles. The Hall–Kier alpha value is -1.19. The van der Waals surface area contributed by atoms with Crippen LogP contribution in [0, 0.1) is 0 Å². The Morgan fingerprint density at radius 2 is 2.00 bits per heavy atom. The molecule has 3 heteroatoms. The van der Waals surface area contributed by atoms with Crippen molar-refractivity contribution in [3.63, 3.8) is 0 Å². The zero-order valence-electron chi connectivity index (χ0n) is 10.8. The average Bonchev–Trinajstić information content (AvgIpc) is 2.91. The minimum Gasteiger partial charge on any atom is -0.297 e. The van der Waals surface area contributed by atoms with E-state index in [9.17, 15) is 0 Å². The van der Waals surface area contributed by atoms with Crippen molar-refractivity contribution in [3.8, 4) is 0 Å². The van der Waals surface area contributed by atoms with Gasteiger partial charge >= 0.3 is 0 Å². The van der Waals surface area contributed by atoms with E-state index in [2.05, 4.69) is 68.3 Å². The third-order valence-electron chi connectivity index (χ3n) is 3.72. The molecule has 1 fully saturated rings. The topological polar surface area (TPSA) is 16.1 Å². The molecule has 1 aliphatic heterocycles. The van der Waals surface area contributed by atoms with Crippen LogP contribution in [0.2, 0.25) is 0 Å². The molecule has 2 nitrogen and oxygen atoms in total. The van der Waals surface area contributed by atoms with E-state index in [0.717, 1.165) is 29.8 Å². The van der Waals surface area contributed by atoms with Gasteiger partial charge in [-0.3, -0.25) is 9.88 Å². The Bertz CT molecular complexity index is 524. The molecule has 1 atom stereocenters. The summed E-state index contributed by atoms with van der Waals surface area (Å²) in [4.78, 5) is 6.94. The zero-order chi connectivity index (χ0) is 13.1. The first-order chi connectivity index (χ1) is 9.31. The summed E-state index contributed by atoms with van der Waals surface area (Å²) in [5, 5.41) is 0. The molecular weight excluding hydrogens is 300 g/mol. The molecule has 1 aromatic carbocycles. The van der Waals surface area contributed by atoms with Gasteiger partial charge in [0.15, 0.2) is 0 Å². The Labute approximate surface area is 122 Å². The lowest BCUT2D eigenvalue weighted by molar-refractivity contribution is 0.322. The fourth-order valence-electron chi connectivity index (χ4n) is 2.70. The molecule has 19 heavy (non-hydrogen) atoms. The van der Waals surface area contributed by atoms with Crippen LogP contribution in [-0.4, -0.2) is 23.0 Å². The Balaban J connectivity index is 1.62. The Morgan fingerprint density at radius 3 is 2.74 bits per heavy atom. The van der Waals surface area contributed by atoms with Crippen LogP contribution in [0.15, 0.2) is 53.1 Å². The minimum atomic E-state index is 0.677. The maximum atomic E-state index is 4.45. The third-order valence-corrected chi connectivity index (χ3v) is 4.19. The number of pyridine rings is 1. The number of benzene rings is 1. The van der Waals surface area contributed by atoms with Crippen LogP contribution < -0.4 is 0 Å². The smallest absolute Gasteiger partial charge is 0.0544 e. The van der Waals surface area contributed by atoms with Crippen LogP contribution >= 0.6 is 15.9 Å². The maximum absolute atomic E-state index is 4.45.